The summed E-state index contributed by atoms with van der Waals surface area (Å²) in [6.45, 7) is 1.95. The molecule has 1 saturated heterocycles. The zero-order chi connectivity index (χ0) is 19.9. The quantitative estimate of drug-likeness (QED) is 0.763. The number of ether oxygens (including phenoxy) is 2. The lowest BCUT2D eigenvalue weighted by Gasteiger charge is -2.19. The third-order valence-corrected chi connectivity index (χ3v) is 5.07. The maximum atomic E-state index is 13.1. The molecule has 0 aliphatic carbocycles. The van der Waals surface area contributed by atoms with Crippen LogP contribution in [0.25, 0.3) is 0 Å². The van der Waals surface area contributed by atoms with Gasteiger partial charge in [-0.25, -0.2) is 4.90 Å². The molecule has 144 valence electrons. The van der Waals surface area contributed by atoms with Crippen LogP contribution in [0.1, 0.15) is 24.0 Å². The van der Waals surface area contributed by atoms with Gasteiger partial charge in [0.05, 0.1) is 32.0 Å². The van der Waals surface area contributed by atoms with Gasteiger partial charge in [0.2, 0.25) is 11.5 Å². The van der Waals surface area contributed by atoms with Gasteiger partial charge in [-0.15, -0.1) is 0 Å². The molecule has 2 aliphatic rings. The van der Waals surface area contributed by atoms with Gasteiger partial charge in [-0.1, -0.05) is 22.9 Å². The Morgan fingerprint density at radius 2 is 1.79 bits per heavy atom. The molecule has 2 aliphatic heterocycles. The number of rotatable bonds is 4. The van der Waals surface area contributed by atoms with Crippen molar-refractivity contribution in [2.24, 2.45) is 5.16 Å². The Morgan fingerprint density at radius 1 is 1.04 bits per heavy atom. The van der Waals surface area contributed by atoms with E-state index in [0.29, 0.717) is 28.5 Å². The maximum Gasteiger partial charge on any atom is 0.281 e. The maximum absolute atomic E-state index is 13.1. The van der Waals surface area contributed by atoms with Crippen molar-refractivity contribution >= 4 is 23.2 Å². The largest absolute Gasteiger partial charge is 0.497 e. The van der Waals surface area contributed by atoms with E-state index in [1.165, 1.54) is 4.90 Å². The van der Waals surface area contributed by atoms with Crippen LogP contribution in [0.3, 0.4) is 0 Å². The Morgan fingerprint density at radius 3 is 2.46 bits per heavy atom. The summed E-state index contributed by atoms with van der Waals surface area (Å²) in [5, 5.41) is 4.13. The fourth-order valence-corrected chi connectivity index (χ4v) is 3.54. The first-order chi connectivity index (χ1) is 13.5. The van der Waals surface area contributed by atoms with Crippen LogP contribution in [-0.4, -0.2) is 37.3 Å². The number of amides is 2. The summed E-state index contributed by atoms with van der Waals surface area (Å²) in [6.07, 6.45) is 0.147. The molecule has 2 heterocycles. The second-order valence-corrected chi connectivity index (χ2v) is 6.91. The number of nitrogens with zero attached hydrogens (tertiary/aromatic N) is 2. The van der Waals surface area contributed by atoms with E-state index in [4.69, 9.17) is 14.3 Å². The van der Waals surface area contributed by atoms with Crippen LogP contribution in [0.15, 0.2) is 47.6 Å². The molecule has 4 rings (SSSR count). The lowest BCUT2D eigenvalue weighted by Crippen LogP contribution is -2.40. The Bertz CT molecular complexity index is 983. The van der Waals surface area contributed by atoms with Gasteiger partial charge in [0.1, 0.15) is 11.5 Å². The summed E-state index contributed by atoms with van der Waals surface area (Å²) in [5.74, 6) is 0.512. The molecule has 0 aromatic heterocycles. The molecule has 28 heavy (non-hydrogen) atoms. The van der Waals surface area contributed by atoms with Crippen molar-refractivity contribution in [1.29, 1.82) is 0 Å². The van der Waals surface area contributed by atoms with Crippen molar-refractivity contribution in [3.05, 3.63) is 53.6 Å². The molecule has 7 nitrogen and oxygen atoms in total. The Labute approximate surface area is 162 Å². The highest BCUT2D eigenvalue weighted by Crippen LogP contribution is 2.40. The molecule has 0 radical (unpaired) electrons. The average Bonchev–Trinajstić information content (AvgIpc) is 3.23. The Hall–Kier alpha value is -3.35. The van der Waals surface area contributed by atoms with E-state index in [2.05, 4.69) is 5.16 Å². The van der Waals surface area contributed by atoms with E-state index in [0.717, 1.165) is 5.56 Å². The first kappa shape index (κ1) is 18.0. The van der Waals surface area contributed by atoms with Crippen molar-refractivity contribution in [2.75, 3.05) is 19.1 Å². The number of oxime groups is 1. The van der Waals surface area contributed by atoms with Gasteiger partial charge in [-0.3, -0.25) is 9.59 Å². The summed E-state index contributed by atoms with van der Waals surface area (Å²) in [5.41, 5.74) is 1.55. The first-order valence-corrected chi connectivity index (χ1v) is 8.89. The molecule has 2 aromatic carbocycles. The SMILES string of the molecule is COc1ccc(C2=NO[C@@]3(CC(=O)N(c4ccc(C)cc4)C3=O)C2)c(OC)c1. The van der Waals surface area contributed by atoms with Gasteiger partial charge in [0.25, 0.3) is 5.91 Å². The highest BCUT2D eigenvalue weighted by Gasteiger charge is 2.58. The summed E-state index contributed by atoms with van der Waals surface area (Å²) in [4.78, 5) is 32.5. The number of aryl methyl sites for hydroxylation is 1. The number of carbonyl (C=O) groups is 2. The van der Waals surface area contributed by atoms with E-state index in [9.17, 15) is 9.59 Å². The van der Waals surface area contributed by atoms with Gasteiger partial charge in [-0.2, -0.15) is 0 Å². The number of hydrogen-bond donors (Lipinski definition) is 0. The second-order valence-electron chi connectivity index (χ2n) is 6.91. The topological polar surface area (TPSA) is 77.4 Å². The summed E-state index contributed by atoms with van der Waals surface area (Å²) < 4.78 is 10.6. The van der Waals surface area contributed by atoms with Crippen LogP contribution in [0, 0.1) is 6.92 Å². The summed E-state index contributed by atoms with van der Waals surface area (Å²) in [7, 11) is 3.12. The minimum Gasteiger partial charge on any atom is -0.497 e. The standard InChI is InChI=1S/C21H20N2O5/c1-13-4-6-14(7-5-13)23-19(24)12-21(20(23)25)11-17(22-28-21)16-9-8-15(26-2)10-18(16)27-3/h4-10H,11-12H2,1-3H3/t21-/m1/s1. The number of hydrogen-bond acceptors (Lipinski definition) is 6. The minimum absolute atomic E-state index is 0.0504. The fraction of sp³-hybridized carbons (Fsp3) is 0.286. The predicted molar refractivity (Wildman–Crippen MR) is 103 cm³/mol. The number of methoxy groups -OCH3 is 2. The van der Waals surface area contributed by atoms with E-state index >= 15 is 0 Å². The average molecular weight is 380 g/mol. The fourth-order valence-electron chi connectivity index (χ4n) is 3.54. The van der Waals surface area contributed by atoms with Crippen molar-refractivity contribution in [3.8, 4) is 11.5 Å². The molecule has 1 spiro atoms. The zero-order valence-electron chi connectivity index (χ0n) is 15.9. The third-order valence-electron chi connectivity index (χ3n) is 5.07. The van der Waals surface area contributed by atoms with E-state index < -0.39 is 11.5 Å². The van der Waals surface area contributed by atoms with Gasteiger partial charge >= 0.3 is 0 Å². The first-order valence-electron chi connectivity index (χ1n) is 8.89. The normalized spacial score (nSPS) is 21.1. The van der Waals surface area contributed by atoms with Gasteiger partial charge in [0.15, 0.2) is 0 Å². The Balaban J connectivity index is 1.61. The van der Waals surface area contributed by atoms with Crippen LogP contribution >= 0.6 is 0 Å². The molecule has 1 atom stereocenters. The lowest BCUT2D eigenvalue weighted by molar-refractivity contribution is -0.136. The monoisotopic (exact) mass is 380 g/mol. The van der Waals surface area contributed by atoms with Gasteiger partial charge in [-0.05, 0) is 31.2 Å². The van der Waals surface area contributed by atoms with E-state index in [1.54, 1.807) is 44.6 Å². The van der Waals surface area contributed by atoms with E-state index in [-0.39, 0.29) is 18.7 Å². The highest BCUT2D eigenvalue weighted by molar-refractivity contribution is 6.26. The molecule has 0 bridgehead atoms. The molecule has 7 heteroatoms. The predicted octanol–water partition coefficient (Wildman–Crippen LogP) is 2.84. The van der Waals surface area contributed by atoms with Crippen molar-refractivity contribution < 1.29 is 23.9 Å². The van der Waals surface area contributed by atoms with Crippen molar-refractivity contribution in [1.82, 2.24) is 0 Å². The number of anilines is 1. The highest BCUT2D eigenvalue weighted by atomic mass is 16.7. The number of benzene rings is 2. The van der Waals surface area contributed by atoms with Crippen LogP contribution in [-0.2, 0) is 14.4 Å². The van der Waals surface area contributed by atoms with Crippen molar-refractivity contribution in [2.45, 2.75) is 25.4 Å². The van der Waals surface area contributed by atoms with E-state index in [1.807, 2.05) is 19.1 Å². The van der Waals surface area contributed by atoms with Crippen LogP contribution in [0.2, 0.25) is 0 Å². The minimum atomic E-state index is -1.30. The zero-order valence-corrected chi connectivity index (χ0v) is 15.9. The number of carbonyl (C=O) groups excluding carboxylic acids is 2. The molecule has 0 saturated carbocycles. The third kappa shape index (κ3) is 2.79. The van der Waals surface area contributed by atoms with Crippen molar-refractivity contribution in [3.63, 3.8) is 0 Å². The smallest absolute Gasteiger partial charge is 0.281 e. The molecule has 2 amide bonds. The summed E-state index contributed by atoms with van der Waals surface area (Å²) in [6, 6.07) is 12.6. The van der Waals surface area contributed by atoms with Crippen LogP contribution < -0.4 is 14.4 Å². The molecule has 1 fully saturated rings. The summed E-state index contributed by atoms with van der Waals surface area (Å²) >= 11 is 0. The van der Waals surface area contributed by atoms with Crippen LogP contribution in [0.5, 0.6) is 11.5 Å². The molecular formula is C21H20N2O5. The van der Waals surface area contributed by atoms with Crippen LogP contribution in [0.4, 0.5) is 5.69 Å². The molecule has 0 unspecified atom stereocenters. The number of imide groups is 1. The second kappa shape index (κ2) is 6.67. The lowest BCUT2D eigenvalue weighted by atomic mass is 9.92. The Kier molecular flexibility index (Phi) is 4.30. The molecule has 2 aromatic rings. The van der Waals surface area contributed by atoms with Gasteiger partial charge < -0.3 is 14.3 Å². The molecular weight excluding hydrogens is 360 g/mol. The molecule has 0 N–H and O–H groups in total. The van der Waals surface area contributed by atoms with Gasteiger partial charge in [0, 0.05) is 18.1 Å².